The van der Waals surface area contributed by atoms with Gasteiger partial charge in [-0.2, -0.15) is 0 Å². The van der Waals surface area contributed by atoms with Crippen LogP contribution in [0, 0.1) is 0 Å². The Morgan fingerprint density at radius 2 is 2.00 bits per heavy atom. The molecule has 1 amide bonds. The lowest BCUT2D eigenvalue weighted by Gasteiger charge is -2.12. The molecule has 0 bridgehead atoms. The lowest BCUT2D eigenvalue weighted by molar-refractivity contribution is 0.102. The predicted molar refractivity (Wildman–Crippen MR) is 106 cm³/mol. The van der Waals surface area contributed by atoms with Gasteiger partial charge in [0.15, 0.2) is 0 Å². The van der Waals surface area contributed by atoms with Gasteiger partial charge < -0.3 is 9.88 Å². The molecule has 0 saturated carbocycles. The number of aromatic nitrogens is 3. The highest BCUT2D eigenvalue weighted by atomic mass is 32.1. The van der Waals surface area contributed by atoms with Crippen molar-refractivity contribution in [2.45, 2.75) is 19.9 Å². The lowest BCUT2D eigenvalue weighted by atomic mass is 10.1. The van der Waals surface area contributed by atoms with E-state index in [9.17, 15) is 4.79 Å². The number of hydrogen-bond donors (Lipinski definition) is 1. The monoisotopic (exact) mass is 362 g/mol. The first-order valence-electron chi connectivity index (χ1n) is 8.40. The van der Waals surface area contributed by atoms with Gasteiger partial charge >= 0.3 is 0 Å². The van der Waals surface area contributed by atoms with Crippen LogP contribution in [0.1, 0.15) is 30.2 Å². The summed E-state index contributed by atoms with van der Waals surface area (Å²) < 4.78 is 2.09. The third-order valence-electron chi connectivity index (χ3n) is 4.20. The van der Waals surface area contributed by atoms with Crippen LogP contribution in [0.25, 0.3) is 21.6 Å². The molecule has 0 aliphatic heterocycles. The van der Waals surface area contributed by atoms with Crippen LogP contribution in [0.4, 0.5) is 5.69 Å². The van der Waals surface area contributed by atoms with Crippen LogP contribution in [0.15, 0.2) is 60.4 Å². The van der Waals surface area contributed by atoms with Crippen molar-refractivity contribution in [2.24, 2.45) is 0 Å². The first kappa shape index (κ1) is 16.5. The second kappa shape index (κ2) is 6.72. The fraction of sp³-hybridized carbons (Fsp3) is 0.150. The van der Waals surface area contributed by atoms with Crippen LogP contribution in [-0.2, 0) is 0 Å². The minimum absolute atomic E-state index is 0.150. The number of rotatable bonds is 4. The van der Waals surface area contributed by atoms with E-state index in [1.807, 2.05) is 35.8 Å². The Kier molecular flexibility index (Phi) is 4.26. The Bertz CT molecular complexity index is 1050. The van der Waals surface area contributed by atoms with Gasteiger partial charge in [0.1, 0.15) is 5.65 Å². The summed E-state index contributed by atoms with van der Waals surface area (Å²) in [5, 5.41) is 5.81. The van der Waals surface area contributed by atoms with E-state index in [1.165, 1.54) is 0 Å². The summed E-state index contributed by atoms with van der Waals surface area (Å²) in [7, 11) is 0. The van der Waals surface area contributed by atoms with E-state index < -0.39 is 0 Å². The van der Waals surface area contributed by atoms with Crippen LogP contribution >= 0.6 is 11.3 Å². The normalized spacial score (nSPS) is 11.2. The molecule has 6 heteroatoms. The number of nitrogens with one attached hydrogen (secondary N) is 1. The zero-order valence-corrected chi connectivity index (χ0v) is 15.3. The van der Waals surface area contributed by atoms with Crippen LogP contribution in [0.3, 0.4) is 0 Å². The van der Waals surface area contributed by atoms with Crippen LogP contribution < -0.4 is 5.32 Å². The van der Waals surface area contributed by atoms with E-state index in [4.69, 9.17) is 4.98 Å². The number of amides is 1. The number of nitrogens with zero attached hydrogens (tertiary/aromatic N) is 3. The topological polar surface area (TPSA) is 59.8 Å². The molecule has 0 radical (unpaired) electrons. The number of pyridine rings is 2. The molecule has 1 N–H and O–H groups in total. The molecule has 5 nitrogen and oxygen atoms in total. The molecule has 0 saturated heterocycles. The molecule has 0 fully saturated rings. The van der Waals surface area contributed by atoms with Gasteiger partial charge in [0.25, 0.3) is 5.91 Å². The molecule has 0 atom stereocenters. The number of thiophene rings is 1. The molecule has 4 heterocycles. The van der Waals surface area contributed by atoms with Crippen molar-refractivity contribution >= 4 is 34.0 Å². The van der Waals surface area contributed by atoms with Gasteiger partial charge in [-0.3, -0.25) is 9.78 Å². The summed E-state index contributed by atoms with van der Waals surface area (Å²) in [5.74, 6) is -0.150. The number of carbonyl (C=O) groups is 1. The quantitative estimate of drug-likeness (QED) is 0.556. The summed E-state index contributed by atoms with van der Waals surface area (Å²) >= 11 is 1.61. The zero-order valence-electron chi connectivity index (χ0n) is 14.5. The van der Waals surface area contributed by atoms with Gasteiger partial charge in [0, 0.05) is 35.7 Å². The molecule has 4 rings (SSSR count). The van der Waals surface area contributed by atoms with Gasteiger partial charge in [-0.05, 0) is 49.6 Å². The minimum atomic E-state index is -0.150. The van der Waals surface area contributed by atoms with E-state index in [1.54, 1.807) is 35.9 Å². The molecule has 0 aliphatic rings. The molecular formula is C20H18N4OS. The Balaban J connectivity index is 1.85. The minimum Gasteiger partial charge on any atom is -0.330 e. The maximum atomic E-state index is 13.0. The van der Waals surface area contributed by atoms with Crippen molar-refractivity contribution < 1.29 is 4.79 Å². The predicted octanol–water partition coefficient (Wildman–Crippen LogP) is 4.99. The number of carbonyl (C=O) groups excluding carboxylic acids is 1. The summed E-state index contributed by atoms with van der Waals surface area (Å²) in [5.41, 5.74) is 2.98. The standard InChI is InChI=1S/C20H18N4OS/c1-13(2)24-10-7-15-16(20(25)22-14-5-8-21-9-6-14)12-17(23-19(15)24)18-4-3-11-26-18/h3-13H,1-2H3,(H,21,22,25). The average Bonchev–Trinajstić information content (AvgIpc) is 3.31. The lowest BCUT2D eigenvalue weighted by Crippen LogP contribution is -2.13. The van der Waals surface area contributed by atoms with E-state index in [0.717, 1.165) is 27.3 Å². The third-order valence-corrected chi connectivity index (χ3v) is 5.09. The fourth-order valence-electron chi connectivity index (χ4n) is 2.92. The first-order chi connectivity index (χ1) is 12.6. The Hall–Kier alpha value is -2.99. The number of anilines is 1. The highest BCUT2D eigenvalue weighted by Gasteiger charge is 2.18. The van der Waals surface area contributed by atoms with Crippen molar-refractivity contribution in [2.75, 3.05) is 5.32 Å². The summed E-state index contributed by atoms with van der Waals surface area (Å²) in [6.07, 6.45) is 5.30. The molecule has 4 aromatic rings. The second-order valence-electron chi connectivity index (χ2n) is 6.28. The van der Waals surface area contributed by atoms with E-state index >= 15 is 0 Å². The zero-order chi connectivity index (χ0) is 18.1. The van der Waals surface area contributed by atoms with Crippen LogP contribution in [0.2, 0.25) is 0 Å². The number of fused-ring (bicyclic) bond motifs is 1. The Morgan fingerprint density at radius 1 is 1.19 bits per heavy atom. The summed E-state index contributed by atoms with van der Waals surface area (Å²) in [4.78, 5) is 22.8. The molecule has 26 heavy (non-hydrogen) atoms. The third kappa shape index (κ3) is 2.99. The van der Waals surface area contributed by atoms with E-state index in [-0.39, 0.29) is 11.9 Å². The maximum Gasteiger partial charge on any atom is 0.256 e. The highest BCUT2D eigenvalue weighted by molar-refractivity contribution is 7.13. The van der Waals surface area contributed by atoms with Gasteiger partial charge in [0.05, 0.1) is 16.1 Å². The Morgan fingerprint density at radius 3 is 2.69 bits per heavy atom. The van der Waals surface area contributed by atoms with Crippen molar-refractivity contribution in [3.05, 3.63) is 65.9 Å². The average molecular weight is 362 g/mol. The molecule has 0 aliphatic carbocycles. The maximum absolute atomic E-state index is 13.0. The van der Waals surface area contributed by atoms with Gasteiger partial charge in [-0.1, -0.05) is 6.07 Å². The van der Waals surface area contributed by atoms with Crippen molar-refractivity contribution in [3.63, 3.8) is 0 Å². The summed E-state index contributed by atoms with van der Waals surface area (Å²) in [6, 6.07) is 11.6. The van der Waals surface area contributed by atoms with E-state index in [2.05, 4.69) is 28.7 Å². The summed E-state index contributed by atoms with van der Waals surface area (Å²) in [6.45, 7) is 4.21. The Labute approximate surface area is 155 Å². The van der Waals surface area contributed by atoms with Crippen molar-refractivity contribution in [3.8, 4) is 10.6 Å². The van der Waals surface area contributed by atoms with Crippen LogP contribution in [0.5, 0.6) is 0 Å². The van der Waals surface area contributed by atoms with Gasteiger partial charge in [0.2, 0.25) is 0 Å². The number of hydrogen-bond acceptors (Lipinski definition) is 4. The largest absolute Gasteiger partial charge is 0.330 e. The van der Waals surface area contributed by atoms with Crippen molar-refractivity contribution in [1.29, 1.82) is 0 Å². The van der Waals surface area contributed by atoms with Crippen molar-refractivity contribution in [1.82, 2.24) is 14.5 Å². The van der Waals surface area contributed by atoms with E-state index in [0.29, 0.717) is 5.56 Å². The first-order valence-corrected chi connectivity index (χ1v) is 9.28. The smallest absolute Gasteiger partial charge is 0.256 e. The molecule has 0 spiro atoms. The second-order valence-corrected chi connectivity index (χ2v) is 7.22. The molecule has 0 unspecified atom stereocenters. The molecule has 130 valence electrons. The van der Waals surface area contributed by atoms with Gasteiger partial charge in [-0.25, -0.2) is 4.98 Å². The molecular weight excluding hydrogens is 344 g/mol. The van der Waals surface area contributed by atoms with Gasteiger partial charge in [-0.15, -0.1) is 11.3 Å². The molecule has 0 aromatic carbocycles. The fourth-order valence-corrected chi connectivity index (χ4v) is 3.60. The highest BCUT2D eigenvalue weighted by Crippen LogP contribution is 2.30. The SMILES string of the molecule is CC(C)n1ccc2c(C(=O)Nc3ccncc3)cc(-c3cccs3)nc21. The molecule has 4 aromatic heterocycles. The van der Waals surface area contributed by atoms with Crippen LogP contribution in [-0.4, -0.2) is 20.4 Å².